The fraction of sp³-hybridized carbons (Fsp3) is 0.0714. The molecule has 0 fully saturated rings. The molecule has 2 nitrogen and oxygen atoms in total. The quantitative estimate of drug-likeness (QED) is 0.681. The Labute approximate surface area is 135 Å². The molecular weight excluding hydrogens is 415 g/mol. The minimum atomic E-state index is -4.49. The topological polar surface area (TPSA) is 29.1 Å². The number of carbonyl (C=O) groups is 1. The normalized spacial score (nSPS) is 11.3. The molecule has 1 amide bonds. The average Bonchev–Trinajstić information content (AvgIpc) is 2.37. The zero-order valence-corrected chi connectivity index (χ0v) is 13.5. The van der Waals surface area contributed by atoms with E-state index in [0.29, 0.717) is 10.2 Å². The van der Waals surface area contributed by atoms with Crippen LogP contribution in [-0.4, -0.2) is 5.91 Å². The van der Waals surface area contributed by atoms with Crippen LogP contribution in [0.3, 0.4) is 0 Å². The first-order chi connectivity index (χ1) is 9.77. The van der Waals surface area contributed by atoms with Crippen molar-refractivity contribution < 1.29 is 18.0 Å². The lowest BCUT2D eigenvalue weighted by Gasteiger charge is -2.11. The fourth-order valence-electron chi connectivity index (χ4n) is 1.64. The minimum absolute atomic E-state index is 0.0789. The number of hydrogen-bond acceptors (Lipinski definition) is 1. The van der Waals surface area contributed by atoms with E-state index in [1.807, 2.05) is 0 Å². The van der Waals surface area contributed by atoms with Crippen LogP contribution in [0.15, 0.2) is 51.4 Å². The summed E-state index contributed by atoms with van der Waals surface area (Å²) in [6.07, 6.45) is -4.49. The first-order valence-electron chi connectivity index (χ1n) is 5.71. The van der Waals surface area contributed by atoms with Gasteiger partial charge in [0.25, 0.3) is 5.91 Å². The standard InChI is InChI=1S/C14H8Br2F3NO/c15-9-2-1-3-10(7-9)20-13(21)11-6-8(14(17,18)19)4-5-12(11)16/h1-7H,(H,20,21). The summed E-state index contributed by atoms with van der Waals surface area (Å²) in [5, 5.41) is 2.55. The van der Waals surface area contributed by atoms with Crippen molar-refractivity contribution in [1.29, 1.82) is 0 Å². The van der Waals surface area contributed by atoms with Crippen LogP contribution in [0.25, 0.3) is 0 Å². The van der Waals surface area contributed by atoms with Crippen LogP contribution in [0.4, 0.5) is 18.9 Å². The van der Waals surface area contributed by atoms with Gasteiger partial charge in [-0.1, -0.05) is 22.0 Å². The van der Waals surface area contributed by atoms with Crippen LogP contribution in [0.5, 0.6) is 0 Å². The van der Waals surface area contributed by atoms with Gasteiger partial charge in [0.05, 0.1) is 11.1 Å². The van der Waals surface area contributed by atoms with E-state index in [-0.39, 0.29) is 5.56 Å². The van der Waals surface area contributed by atoms with Gasteiger partial charge in [0.15, 0.2) is 0 Å². The van der Waals surface area contributed by atoms with E-state index in [0.717, 1.165) is 16.6 Å². The van der Waals surface area contributed by atoms with Crippen LogP contribution in [0.2, 0.25) is 0 Å². The smallest absolute Gasteiger partial charge is 0.322 e. The average molecular weight is 423 g/mol. The Hall–Kier alpha value is -1.34. The number of rotatable bonds is 2. The highest BCUT2D eigenvalue weighted by molar-refractivity contribution is 9.10. The van der Waals surface area contributed by atoms with E-state index >= 15 is 0 Å². The molecule has 0 saturated heterocycles. The Bertz CT molecular complexity index is 686. The molecular formula is C14H8Br2F3NO. The SMILES string of the molecule is O=C(Nc1cccc(Br)c1)c1cc(C(F)(F)F)ccc1Br. The summed E-state index contributed by atoms with van der Waals surface area (Å²) in [7, 11) is 0. The van der Waals surface area contributed by atoms with Crippen molar-refractivity contribution in [3.05, 3.63) is 62.5 Å². The number of anilines is 1. The number of nitrogens with one attached hydrogen (secondary N) is 1. The number of benzene rings is 2. The molecule has 0 heterocycles. The van der Waals surface area contributed by atoms with Crippen LogP contribution in [-0.2, 0) is 6.18 Å². The Kier molecular flexibility index (Phi) is 4.73. The fourth-order valence-corrected chi connectivity index (χ4v) is 2.47. The van der Waals surface area contributed by atoms with Crippen LogP contribution >= 0.6 is 31.9 Å². The van der Waals surface area contributed by atoms with Gasteiger partial charge in [0, 0.05) is 14.6 Å². The summed E-state index contributed by atoms with van der Waals surface area (Å²) in [6, 6.07) is 9.72. The Balaban J connectivity index is 2.31. The van der Waals surface area contributed by atoms with Crippen molar-refractivity contribution in [3.63, 3.8) is 0 Å². The summed E-state index contributed by atoms with van der Waals surface area (Å²) in [5.41, 5.74) is -0.464. The maximum atomic E-state index is 12.7. The Morgan fingerprint density at radius 1 is 1.05 bits per heavy atom. The molecule has 2 aromatic rings. The molecule has 110 valence electrons. The number of alkyl halides is 3. The van der Waals surface area contributed by atoms with Crippen molar-refractivity contribution >= 4 is 43.5 Å². The highest BCUT2D eigenvalue weighted by atomic mass is 79.9. The van der Waals surface area contributed by atoms with Crippen LogP contribution in [0.1, 0.15) is 15.9 Å². The largest absolute Gasteiger partial charge is 0.416 e. The zero-order chi connectivity index (χ0) is 15.6. The maximum absolute atomic E-state index is 12.7. The molecule has 0 atom stereocenters. The Morgan fingerprint density at radius 3 is 2.38 bits per heavy atom. The molecule has 2 rings (SSSR count). The van der Waals surface area contributed by atoms with Gasteiger partial charge in [-0.15, -0.1) is 0 Å². The molecule has 0 aromatic heterocycles. The lowest BCUT2D eigenvalue weighted by atomic mass is 10.1. The van der Waals surface area contributed by atoms with Gasteiger partial charge >= 0.3 is 6.18 Å². The monoisotopic (exact) mass is 421 g/mol. The molecule has 21 heavy (non-hydrogen) atoms. The minimum Gasteiger partial charge on any atom is -0.322 e. The molecule has 0 saturated carbocycles. The summed E-state index contributed by atoms with van der Waals surface area (Å²) in [6.45, 7) is 0. The number of halogens is 5. The highest BCUT2D eigenvalue weighted by Crippen LogP contribution is 2.32. The number of carbonyl (C=O) groups excluding carboxylic acids is 1. The van der Waals surface area contributed by atoms with Gasteiger partial charge in [0.1, 0.15) is 0 Å². The van der Waals surface area contributed by atoms with Crippen LogP contribution < -0.4 is 5.32 Å². The van der Waals surface area contributed by atoms with Crippen molar-refractivity contribution in [3.8, 4) is 0 Å². The van der Waals surface area contributed by atoms with E-state index in [1.165, 1.54) is 6.07 Å². The van der Waals surface area contributed by atoms with Crippen molar-refractivity contribution in [1.82, 2.24) is 0 Å². The predicted octanol–water partition coefficient (Wildman–Crippen LogP) is 5.48. The second kappa shape index (κ2) is 6.19. The second-order valence-electron chi connectivity index (χ2n) is 4.16. The zero-order valence-electron chi connectivity index (χ0n) is 10.3. The predicted molar refractivity (Wildman–Crippen MR) is 81.2 cm³/mol. The van der Waals surface area contributed by atoms with Gasteiger partial charge in [0.2, 0.25) is 0 Å². The molecule has 1 N–H and O–H groups in total. The van der Waals surface area contributed by atoms with E-state index in [2.05, 4.69) is 37.2 Å². The molecule has 0 bridgehead atoms. The van der Waals surface area contributed by atoms with Gasteiger partial charge in [-0.05, 0) is 52.3 Å². The first kappa shape index (κ1) is 16.0. The third-order valence-corrected chi connectivity index (χ3v) is 3.81. The molecule has 0 aliphatic rings. The van der Waals surface area contributed by atoms with E-state index in [4.69, 9.17) is 0 Å². The van der Waals surface area contributed by atoms with E-state index in [1.54, 1.807) is 24.3 Å². The Morgan fingerprint density at radius 2 is 1.76 bits per heavy atom. The van der Waals surface area contributed by atoms with Crippen molar-refractivity contribution in [2.75, 3.05) is 5.32 Å². The molecule has 0 radical (unpaired) electrons. The van der Waals surface area contributed by atoms with Crippen molar-refractivity contribution in [2.24, 2.45) is 0 Å². The number of amides is 1. The van der Waals surface area contributed by atoms with E-state index in [9.17, 15) is 18.0 Å². The van der Waals surface area contributed by atoms with Crippen molar-refractivity contribution in [2.45, 2.75) is 6.18 Å². The maximum Gasteiger partial charge on any atom is 0.416 e. The molecule has 0 unspecified atom stereocenters. The molecule has 2 aromatic carbocycles. The molecule has 0 aliphatic carbocycles. The number of hydrogen-bond donors (Lipinski definition) is 1. The highest BCUT2D eigenvalue weighted by Gasteiger charge is 2.31. The molecule has 0 spiro atoms. The van der Waals surface area contributed by atoms with Gasteiger partial charge in [-0.25, -0.2) is 0 Å². The van der Waals surface area contributed by atoms with Gasteiger partial charge < -0.3 is 5.32 Å². The lowest BCUT2D eigenvalue weighted by Crippen LogP contribution is -2.14. The summed E-state index contributed by atoms with van der Waals surface area (Å²) < 4.78 is 39.1. The van der Waals surface area contributed by atoms with E-state index < -0.39 is 17.6 Å². The van der Waals surface area contributed by atoms with Gasteiger partial charge in [-0.3, -0.25) is 4.79 Å². The molecule has 0 aliphatic heterocycles. The second-order valence-corrected chi connectivity index (χ2v) is 5.93. The summed E-state index contributed by atoms with van der Waals surface area (Å²) >= 11 is 6.34. The third kappa shape index (κ3) is 4.07. The summed E-state index contributed by atoms with van der Waals surface area (Å²) in [4.78, 5) is 12.1. The van der Waals surface area contributed by atoms with Crippen LogP contribution in [0, 0.1) is 0 Å². The molecule has 7 heteroatoms. The lowest BCUT2D eigenvalue weighted by molar-refractivity contribution is -0.137. The summed E-state index contributed by atoms with van der Waals surface area (Å²) in [5.74, 6) is -0.619. The van der Waals surface area contributed by atoms with Gasteiger partial charge in [-0.2, -0.15) is 13.2 Å². The first-order valence-corrected chi connectivity index (χ1v) is 7.29. The third-order valence-electron chi connectivity index (χ3n) is 2.62.